The molecule has 80 valence electrons. The minimum absolute atomic E-state index is 0.530. The van der Waals surface area contributed by atoms with Gasteiger partial charge in [0, 0.05) is 23.1 Å². The van der Waals surface area contributed by atoms with Crippen LogP contribution in [0.1, 0.15) is 45.2 Å². The van der Waals surface area contributed by atoms with Crippen molar-refractivity contribution in [2.24, 2.45) is 0 Å². The molecule has 0 fully saturated rings. The van der Waals surface area contributed by atoms with E-state index in [1.54, 1.807) is 0 Å². The Labute approximate surface area is 91.7 Å². The van der Waals surface area contributed by atoms with Crippen LogP contribution in [-0.2, 0) is 0 Å². The van der Waals surface area contributed by atoms with E-state index >= 15 is 0 Å². The summed E-state index contributed by atoms with van der Waals surface area (Å²) >= 11 is 0. The van der Waals surface area contributed by atoms with Crippen LogP contribution in [0.4, 0.5) is 0 Å². The predicted molar refractivity (Wildman–Crippen MR) is 66.4 cm³/mol. The first-order chi connectivity index (χ1) is 7.11. The smallest absolute Gasteiger partial charge is 0.0485 e. The second-order valence-electron chi connectivity index (χ2n) is 4.76. The Morgan fingerprint density at radius 3 is 2.27 bits per heavy atom. The van der Waals surface area contributed by atoms with Gasteiger partial charge in [-0.15, -0.1) is 0 Å². The topological polar surface area (TPSA) is 4.93 Å². The summed E-state index contributed by atoms with van der Waals surface area (Å²) in [6.45, 7) is 8.98. The van der Waals surface area contributed by atoms with Gasteiger partial charge in [-0.1, -0.05) is 32.0 Å². The zero-order valence-electron chi connectivity index (χ0n) is 9.99. The molecule has 0 unspecified atom stereocenters. The zero-order chi connectivity index (χ0) is 11.0. The molecule has 0 aliphatic rings. The number of rotatable bonds is 2. The van der Waals surface area contributed by atoms with Crippen LogP contribution >= 0.6 is 0 Å². The average Bonchev–Trinajstić information content (AvgIpc) is 2.56. The molecule has 2 aromatic rings. The summed E-state index contributed by atoms with van der Waals surface area (Å²) in [6, 6.07) is 9.21. The van der Waals surface area contributed by atoms with Gasteiger partial charge in [-0.25, -0.2) is 0 Å². The number of benzene rings is 1. The van der Waals surface area contributed by atoms with Gasteiger partial charge in [0.1, 0.15) is 0 Å². The van der Waals surface area contributed by atoms with E-state index in [9.17, 15) is 0 Å². The van der Waals surface area contributed by atoms with E-state index in [1.807, 2.05) is 0 Å². The van der Waals surface area contributed by atoms with E-state index in [4.69, 9.17) is 0 Å². The molecular formula is C14H19N. The van der Waals surface area contributed by atoms with Gasteiger partial charge in [-0.2, -0.15) is 0 Å². The number of hydrogen-bond donors (Lipinski definition) is 0. The Bertz CT molecular complexity index is 421. The van der Waals surface area contributed by atoms with Crippen molar-refractivity contribution in [3.05, 3.63) is 36.0 Å². The Morgan fingerprint density at radius 2 is 1.67 bits per heavy atom. The average molecular weight is 201 g/mol. The van der Waals surface area contributed by atoms with Gasteiger partial charge < -0.3 is 4.57 Å². The second-order valence-corrected chi connectivity index (χ2v) is 4.76. The van der Waals surface area contributed by atoms with Crippen LogP contribution in [-0.4, -0.2) is 4.57 Å². The summed E-state index contributed by atoms with van der Waals surface area (Å²) in [5, 5.41) is 1.40. The SMILES string of the molecule is CC(C)c1cn(C(C)C)c2ccccc12. The number of para-hydroxylation sites is 1. The third-order valence-electron chi connectivity index (χ3n) is 2.95. The molecule has 0 radical (unpaired) electrons. The lowest BCUT2D eigenvalue weighted by Crippen LogP contribution is -1.97. The van der Waals surface area contributed by atoms with E-state index in [1.165, 1.54) is 16.5 Å². The van der Waals surface area contributed by atoms with E-state index in [0.717, 1.165) is 0 Å². The summed E-state index contributed by atoms with van der Waals surface area (Å²) in [5.41, 5.74) is 2.82. The summed E-state index contributed by atoms with van der Waals surface area (Å²) in [4.78, 5) is 0. The molecule has 0 atom stereocenters. The molecule has 0 aliphatic heterocycles. The van der Waals surface area contributed by atoms with Crippen molar-refractivity contribution < 1.29 is 0 Å². The van der Waals surface area contributed by atoms with E-state index in [-0.39, 0.29) is 0 Å². The molecule has 0 amide bonds. The lowest BCUT2D eigenvalue weighted by molar-refractivity contribution is 0.619. The van der Waals surface area contributed by atoms with E-state index < -0.39 is 0 Å². The van der Waals surface area contributed by atoms with Crippen molar-refractivity contribution >= 4 is 10.9 Å². The fourth-order valence-corrected chi connectivity index (χ4v) is 2.12. The molecule has 1 heteroatoms. The molecule has 0 saturated carbocycles. The number of aromatic nitrogens is 1. The van der Waals surface area contributed by atoms with Crippen molar-refractivity contribution in [1.82, 2.24) is 4.57 Å². The van der Waals surface area contributed by atoms with Crippen molar-refractivity contribution in [2.75, 3.05) is 0 Å². The highest BCUT2D eigenvalue weighted by molar-refractivity contribution is 5.84. The lowest BCUT2D eigenvalue weighted by Gasteiger charge is -2.08. The van der Waals surface area contributed by atoms with E-state index in [0.29, 0.717) is 12.0 Å². The van der Waals surface area contributed by atoms with Crippen LogP contribution in [0.3, 0.4) is 0 Å². The molecule has 15 heavy (non-hydrogen) atoms. The first kappa shape index (κ1) is 10.3. The predicted octanol–water partition coefficient (Wildman–Crippen LogP) is 4.35. The van der Waals surface area contributed by atoms with Gasteiger partial charge in [0.15, 0.2) is 0 Å². The lowest BCUT2D eigenvalue weighted by atomic mass is 10.0. The maximum atomic E-state index is 2.37. The summed E-state index contributed by atoms with van der Waals surface area (Å²) in [6.07, 6.45) is 2.31. The molecule has 2 rings (SSSR count). The quantitative estimate of drug-likeness (QED) is 0.681. The molecule has 0 spiro atoms. The molecule has 0 saturated heterocycles. The van der Waals surface area contributed by atoms with E-state index in [2.05, 4.69) is 62.7 Å². The normalized spacial score (nSPS) is 11.9. The maximum absolute atomic E-state index is 2.37. The highest BCUT2D eigenvalue weighted by atomic mass is 15.0. The summed E-state index contributed by atoms with van der Waals surface area (Å²) in [5.74, 6) is 0.592. The van der Waals surface area contributed by atoms with Gasteiger partial charge in [0.25, 0.3) is 0 Å². The zero-order valence-corrected chi connectivity index (χ0v) is 9.99. The molecule has 1 heterocycles. The van der Waals surface area contributed by atoms with Gasteiger partial charge >= 0.3 is 0 Å². The number of hydrogen-bond acceptors (Lipinski definition) is 0. The Balaban J connectivity index is 2.73. The molecule has 0 N–H and O–H groups in total. The van der Waals surface area contributed by atoms with Crippen LogP contribution < -0.4 is 0 Å². The Hall–Kier alpha value is -1.24. The van der Waals surface area contributed by atoms with Crippen LogP contribution in [0.15, 0.2) is 30.5 Å². The third-order valence-corrected chi connectivity index (χ3v) is 2.95. The minimum atomic E-state index is 0.530. The fraction of sp³-hybridized carbons (Fsp3) is 0.429. The van der Waals surface area contributed by atoms with Crippen molar-refractivity contribution in [3.8, 4) is 0 Å². The Kier molecular flexibility index (Phi) is 2.56. The molecule has 0 bridgehead atoms. The minimum Gasteiger partial charge on any atom is -0.345 e. The van der Waals surface area contributed by atoms with Crippen LogP contribution in [0.5, 0.6) is 0 Å². The number of fused-ring (bicyclic) bond motifs is 1. The molecule has 0 aliphatic carbocycles. The van der Waals surface area contributed by atoms with Gasteiger partial charge in [0.05, 0.1) is 0 Å². The summed E-state index contributed by atoms with van der Waals surface area (Å²) in [7, 11) is 0. The molecule has 1 nitrogen and oxygen atoms in total. The van der Waals surface area contributed by atoms with Gasteiger partial charge in [-0.05, 0) is 31.4 Å². The van der Waals surface area contributed by atoms with Crippen molar-refractivity contribution in [1.29, 1.82) is 0 Å². The maximum Gasteiger partial charge on any atom is 0.0485 e. The van der Waals surface area contributed by atoms with Crippen LogP contribution in [0.2, 0.25) is 0 Å². The van der Waals surface area contributed by atoms with Gasteiger partial charge in [-0.3, -0.25) is 0 Å². The summed E-state index contributed by atoms with van der Waals surface area (Å²) < 4.78 is 2.37. The first-order valence-electron chi connectivity index (χ1n) is 5.70. The van der Waals surface area contributed by atoms with Crippen LogP contribution in [0.25, 0.3) is 10.9 Å². The van der Waals surface area contributed by atoms with Crippen molar-refractivity contribution in [3.63, 3.8) is 0 Å². The third kappa shape index (κ3) is 1.67. The largest absolute Gasteiger partial charge is 0.345 e. The molecular weight excluding hydrogens is 182 g/mol. The standard InChI is InChI=1S/C14H19N/c1-10(2)13-9-15(11(3)4)14-8-6-5-7-12(13)14/h5-11H,1-4H3. The second kappa shape index (κ2) is 3.73. The molecule has 1 aromatic heterocycles. The fourth-order valence-electron chi connectivity index (χ4n) is 2.12. The highest BCUT2D eigenvalue weighted by Gasteiger charge is 2.11. The van der Waals surface area contributed by atoms with Gasteiger partial charge in [0.2, 0.25) is 0 Å². The Morgan fingerprint density at radius 1 is 1.00 bits per heavy atom. The number of nitrogens with zero attached hydrogens (tertiary/aromatic N) is 1. The van der Waals surface area contributed by atoms with Crippen LogP contribution in [0, 0.1) is 0 Å². The molecule has 1 aromatic carbocycles. The highest BCUT2D eigenvalue weighted by Crippen LogP contribution is 2.29. The van der Waals surface area contributed by atoms with Crippen molar-refractivity contribution in [2.45, 2.75) is 39.7 Å². The monoisotopic (exact) mass is 201 g/mol. The first-order valence-corrected chi connectivity index (χ1v) is 5.70.